The highest BCUT2D eigenvalue weighted by Crippen LogP contribution is 2.19. The summed E-state index contributed by atoms with van der Waals surface area (Å²) >= 11 is 0. The average molecular weight is 341 g/mol. The number of hydrogen-bond acceptors (Lipinski definition) is 4. The average Bonchev–Trinajstić information content (AvgIpc) is 2.65. The van der Waals surface area contributed by atoms with Crippen molar-refractivity contribution in [2.24, 2.45) is 0 Å². The van der Waals surface area contributed by atoms with E-state index in [2.05, 4.69) is 10.1 Å². The van der Waals surface area contributed by atoms with Crippen LogP contribution in [0.15, 0.2) is 54.6 Å². The third-order valence-electron chi connectivity index (χ3n) is 3.72. The lowest BCUT2D eigenvalue weighted by atomic mass is 10.0. The van der Waals surface area contributed by atoms with E-state index in [-0.39, 0.29) is 12.8 Å². The molecular formula is C19H19NO5. The largest absolute Gasteiger partial charge is 0.480 e. The van der Waals surface area contributed by atoms with E-state index in [1.54, 1.807) is 24.3 Å². The number of carboxylic acid groups (broad SMARTS) is 1. The van der Waals surface area contributed by atoms with Crippen LogP contribution < -0.4 is 5.32 Å². The summed E-state index contributed by atoms with van der Waals surface area (Å²) in [4.78, 5) is 34.6. The van der Waals surface area contributed by atoms with Gasteiger partial charge in [0.25, 0.3) is 5.91 Å². The van der Waals surface area contributed by atoms with Crippen LogP contribution in [0.3, 0.4) is 0 Å². The molecule has 1 unspecified atom stereocenters. The van der Waals surface area contributed by atoms with Gasteiger partial charge in [-0.25, -0.2) is 4.79 Å². The molecule has 0 aliphatic carbocycles. The van der Waals surface area contributed by atoms with Crippen molar-refractivity contribution in [3.63, 3.8) is 0 Å². The molecule has 1 amide bonds. The Hall–Kier alpha value is -3.15. The lowest BCUT2D eigenvalue weighted by Gasteiger charge is -2.14. The number of carboxylic acids is 1. The fourth-order valence-electron chi connectivity index (χ4n) is 2.31. The lowest BCUT2D eigenvalue weighted by molar-refractivity contribution is -0.142. The molecule has 1 atom stereocenters. The van der Waals surface area contributed by atoms with Gasteiger partial charge in [-0.15, -0.1) is 0 Å². The first kappa shape index (κ1) is 18.2. The third-order valence-corrected chi connectivity index (χ3v) is 3.72. The maximum absolute atomic E-state index is 12.2. The Morgan fingerprint density at radius 3 is 2.16 bits per heavy atom. The Labute approximate surface area is 145 Å². The first-order valence-corrected chi connectivity index (χ1v) is 7.77. The third kappa shape index (κ3) is 5.17. The van der Waals surface area contributed by atoms with Crippen LogP contribution in [0.2, 0.25) is 0 Å². The number of methoxy groups -OCH3 is 1. The minimum Gasteiger partial charge on any atom is -0.480 e. The molecule has 25 heavy (non-hydrogen) atoms. The Balaban J connectivity index is 2.03. The van der Waals surface area contributed by atoms with Crippen LogP contribution in [0, 0.1) is 0 Å². The number of rotatable bonds is 7. The van der Waals surface area contributed by atoms with Crippen molar-refractivity contribution >= 4 is 17.8 Å². The van der Waals surface area contributed by atoms with E-state index >= 15 is 0 Å². The highest BCUT2D eigenvalue weighted by Gasteiger charge is 2.21. The predicted molar refractivity (Wildman–Crippen MR) is 92.0 cm³/mol. The number of carbonyl (C=O) groups excluding carboxylic acids is 2. The van der Waals surface area contributed by atoms with E-state index in [0.29, 0.717) is 5.56 Å². The molecule has 0 aromatic heterocycles. The normalized spacial score (nSPS) is 11.4. The Bertz CT molecular complexity index is 740. The van der Waals surface area contributed by atoms with E-state index in [1.807, 2.05) is 30.3 Å². The van der Waals surface area contributed by atoms with Crippen LogP contribution in [0.25, 0.3) is 11.1 Å². The molecular weight excluding hydrogens is 322 g/mol. The first-order chi connectivity index (χ1) is 12.0. The van der Waals surface area contributed by atoms with Crippen LogP contribution in [-0.2, 0) is 14.3 Å². The summed E-state index contributed by atoms with van der Waals surface area (Å²) in [5, 5.41) is 11.6. The zero-order chi connectivity index (χ0) is 18.2. The molecule has 0 spiro atoms. The highest BCUT2D eigenvalue weighted by atomic mass is 16.5. The number of esters is 1. The Kier molecular flexibility index (Phi) is 6.28. The van der Waals surface area contributed by atoms with Gasteiger partial charge in [-0.05, 0) is 29.7 Å². The van der Waals surface area contributed by atoms with Crippen molar-refractivity contribution < 1.29 is 24.2 Å². The van der Waals surface area contributed by atoms with Gasteiger partial charge in [0, 0.05) is 12.0 Å². The standard InChI is InChI=1S/C19H19NO5/c1-25-17(21)12-11-16(19(23)24)20-18(22)15-9-7-14(8-10-15)13-5-3-2-4-6-13/h2-10,16H,11-12H2,1H3,(H,20,22)(H,23,24). The highest BCUT2D eigenvalue weighted by molar-refractivity contribution is 5.97. The number of benzene rings is 2. The van der Waals surface area contributed by atoms with Crippen molar-refractivity contribution in [1.82, 2.24) is 5.32 Å². The molecule has 0 bridgehead atoms. The van der Waals surface area contributed by atoms with E-state index < -0.39 is 23.9 Å². The maximum atomic E-state index is 12.2. The summed E-state index contributed by atoms with van der Waals surface area (Å²) in [5.74, 6) is -2.22. The van der Waals surface area contributed by atoms with Crippen LogP contribution in [0.4, 0.5) is 0 Å². The maximum Gasteiger partial charge on any atom is 0.326 e. The van der Waals surface area contributed by atoms with Crippen molar-refractivity contribution in [3.8, 4) is 11.1 Å². The van der Waals surface area contributed by atoms with E-state index in [4.69, 9.17) is 0 Å². The molecule has 2 rings (SSSR count). The predicted octanol–water partition coefficient (Wildman–Crippen LogP) is 2.49. The van der Waals surface area contributed by atoms with Crippen molar-refractivity contribution in [3.05, 3.63) is 60.2 Å². The zero-order valence-electron chi connectivity index (χ0n) is 13.8. The second-order valence-corrected chi connectivity index (χ2v) is 5.42. The minimum absolute atomic E-state index is 0.0319. The number of ether oxygens (including phenoxy) is 1. The van der Waals surface area contributed by atoms with Crippen LogP contribution in [0.5, 0.6) is 0 Å². The summed E-state index contributed by atoms with van der Waals surface area (Å²) in [6, 6.07) is 15.4. The number of amides is 1. The number of carbonyl (C=O) groups is 3. The molecule has 0 saturated heterocycles. The first-order valence-electron chi connectivity index (χ1n) is 7.77. The molecule has 6 heteroatoms. The molecule has 2 N–H and O–H groups in total. The van der Waals surface area contributed by atoms with Gasteiger partial charge in [-0.1, -0.05) is 42.5 Å². The van der Waals surface area contributed by atoms with Gasteiger partial charge in [0.15, 0.2) is 0 Å². The summed E-state index contributed by atoms with van der Waals surface area (Å²) in [6.45, 7) is 0. The molecule has 0 aliphatic heterocycles. The molecule has 0 radical (unpaired) electrons. The second kappa shape index (κ2) is 8.63. The van der Waals surface area contributed by atoms with Crippen molar-refractivity contribution in [2.75, 3.05) is 7.11 Å². The number of aliphatic carboxylic acids is 1. The van der Waals surface area contributed by atoms with Gasteiger partial charge < -0.3 is 15.2 Å². The number of nitrogens with one attached hydrogen (secondary N) is 1. The molecule has 0 aliphatic rings. The molecule has 2 aromatic carbocycles. The molecule has 2 aromatic rings. The lowest BCUT2D eigenvalue weighted by Crippen LogP contribution is -2.41. The van der Waals surface area contributed by atoms with Gasteiger partial charge in [-0.2, -0.15) is 0 Å². The molecule has 6 nitrogen and oxygen atoms in total. The van der Waals surface area contributed by atoms with Gasteiger partial charge in [0.2, 0.25) is 0 Å². The van der Waals surface area contributed by atoms with E-state index in [0.717, 1.165) is 11.1 Å². The summed E-state index contributed by atoms with van der Waals surface area (Å²) in [5.41, 5.74) is 2.33. The topological polar surface area (TPSA) is 92.7 Å². The fourth-order valence-corrected chi connectivity index (χ4v) is 2.31. The van der Waals surface area contributed by atoms with Crippen molar-refractivity contribution in [1.29, 1.82) is 0 Å². The zero-order valence-corrected chi connectivity index (χ0v) is 13.8. The van der Waals surface area contributed by atoms with Gasteiger partial charge in [0.05, 0.1) is 7.11 Å². The van der Waals surface area contributed by atoms with E-state index in [1.165, 1.54) is 7.11 Å². The molecule has 0 fully saturated rings. The van der Waals surface area contributed by atoms with Crippen molar-refractivity contribution in [2.45, 2.75) is 18.9 Å². The Morgan fingerprint density at radius 2 is 1.60 bits per heavy atom. The quantitative estimate of drug-likeness (QED) is 0.755. The van der Waals surface area contributed by atoms with Crippen LogP contribution in [-0.4, -0.2) is 36.1 Å². The molecule has 0 heterocycles. The fraction of sp³-hybridized carbons (Fsp3) is 0.211. The summed E-state index contributed by atoms with van der Waals surface area (Å²) < 4.78 is 4.48. The smallest absolute Gasteiger partial charge is 0.326 e. The second-order valence-electron chi connectivity index (χ2n) is 5.42. The Morgan fingerprint density at radius 1 is 1.00 bits per heavy atom. The summed E-state index contributed by atoms with van der Waals surface area (Å²) in [7, 11) is 1.23. The summed E-state index contributed by atoms with van der Waals surface area (Å²) in [6.07, 6.45) is -0.115. The van der Waals surface area contributed by atoms with Crippen LogP contribution >= 0.6 is 0 Å². The monoisotopic (exact) mass is 341 g/mol. The SMILES string of the molecule is COC(=O)CCC(NC(=O)c1ccc(-c2ccccc2)cc1)C(=O)O. The van der Waals surface area contributed by atoms with Gasteiger partial charge in [-0.3, -0.25) is 9.59 Å². The molecule has 130 valence electrons. The number of hydrogen-bond donors (Lipinski definition) is 2. The minimum atomic E-state index is -1.20. The van der Waals surface area contributed by atoms with E-state index in [9.17, 15) is 19.5 Å². The van der Waals surface area contributed by atoms with Gasteiger partial charge >= 0.3 is 11.9 Å². The van der Waals surface area contributed by atoms with Gasteiger partial charge in [0.1, 0.15) is 6.04 Å². The molecule has 0 saturated carbocycles. The van der Waals surface area contributed by atoms with Crippen LogP contribution in [0.1, 0.15) is 23.2 Å².